The summed E-state index contributed by atoms with van der Waals surface area (Å²) < 4.78 is 17.0. The number of methoxy groups -OCH3 is 1. The molecular formula is C28H38O5. The summed E-state index contributed by atoms with van der Waals surface area (Å²) >= 11 is 0. The van der Waals surface area contributed by atoms with E-state index in [4.69, 9.17) is 14.2 Å². The molecule has 0 radical (unpaired) electrons. The van der Waals surface area contributed by atoms with Gasteiger partial charge in [-0.15, -0.1) is 0 Å². The van der Waals surface area contributed by atoms with Crippen molar-refractivity contribution in [3.8, 4) is 11.5 Å². The van der Waals surface area contributed by atoms with Crippen molar-refractivity contribution in [3.63, 3.8) is 0 Å². The van der Waals surface area contributed by atoms with Crippen LogP contribution in [0.15, 0.2) is 42.5 Å². The molecule has 0 amide bonds. The number of benzene rings is 2. The van der Waals surface area contributed by atoms with Crippen LogP contribution in [-0.2, 0) is 31.8 Å². The van der Waals surface area contributed by atoms with E-state index in [2.05, 4.69) is 0 Å². The van der Waals surface area contributed by atoms with Gasteiger partial charge in [0.1, 0.15) is 11.5 Å². The zero-order valence-corrected chi connectivity index (χ0v) is 21.3. The van der Waals surface area contributed by atoms with Gasteiger partial charge in [0.05, 0.1) is 13.7 Å². The zero-order chi connectivity index (χ0) is 24.8. The van der Waals surface area contributed by atoms with Gasteiger partial charge < -0.3 is 14.2 Å². The van der Waals surface area contributed by atoms with Crippen LogP contribution < -0.4 is 9.47 Å². The molecule has 0 aliphatic heterocycles. The number of hydrogen-bond acceptors (Lipinski definition) is 5. The summed E-state index contributed by atoms with van der Waals surface area (Å²) in [6, 6.07) is 13.6. The van der Waals surface area contributed by atoms with E-state index in [9.17, 15) is 9.59 Å². The first-order valence-corrected chi connectivity index (χ1v) is 11.4. The standard InChI is InChI=1S/C28H38O5/c1-19(14-15-32-18-20-12-10-9-11-13-20)24(29)26(30)33-25-22(27(2,3)4)16-21(31-8)17-23(25)28(5,6)7/h9-13,16-17,19H,14-15,18H2,1-8H3/t19-/m0/s1. The van der Waals surface area contributed by atoms with E-state index in [1.165, 1.54) is 0 Å². The molecule has 0 aliphatic rings. The Balaban J connectivity index is 2.14. The highest BCUT2D eigenvalue weighted by atomic mass is 16.5. The maximum Gasteiger partial charge on any atom is 0.380 e. The molecule has 0 fully saturated rings. The molecule has 2 aromatic rings. The van der Waals surface area contributed by atoms with Crippen molar-refractivity contribution < 1.29 is 23.8 Å². The maximum atomic E-state index is 12.9. The normalized spacial score (nSPS) is 12.8. The summed E-state index contributed by atoms with van der Waals surface area (Å²) in [4.78, 5) is 25.7. The third-order valence-corrected chi connectivity index (χ3v) is 5.56. The summed E-state index contributed by atoms with van der Waals surface area (Å²) in [7, 11) is 1.62. The van der Waals surface area contributed by atoms with Crippen molar-refractivity contribution >= 4 is 11.8 Å². The lowest BCUT2D eigenvalue weighted by molar-refractivity contribution is -0.149. The van der Waals surface area contributed by atoms with Crippen LogP contribution in [0.4, 0.5) is 0 Å². The Kier molecular flexibility index (Phi) is 8.84. The van der Waals surface area contributed by atoms with E-state index in [-0.39, 0.29) is 10.8 Å². The van der Waals surface area contributed by atoms with Crippen molar-refractivity contribution in [1.29, 1.82) is 0 Å². The van der Waals surface area contributed by atoms with Crippen LogP contribution in [-0.4, -0.2) is 25.5 Å². The highest BCUT2D eigenvalue weighted by Gasteiger charge is 2.32. The molecule has 0 spiro atoms. The molecule has 0 bridgehead atoms. The van der Waals surface area contributed by atoms with E-state index in [0.29, 0.717) is 31.1 Å². The summed E-state index contributed by atoms with van der Waals surface area (Å²) in [5.74, 6) is -0.746. The summed E-state index contributed by atoms with van der Waals surface area (Å²) in [5, 5.41) is 0. The summed E-state index contributed by atoms with van der Waals surface area (Å²) in [6.07, 6.45) is 0.446. The Hall–Kier alpha value is -2.66. The number of carbonyl (C=O) groups excluding carboxylic acids is 2. The first-order chi connectivity index (χ1) is 15.3. The van der Waals surface area contributed by atoms with Gasteiger partial charge >= 0.3 is 5.97 Å². The van der Waals surface area contributed by atoms with Gasteiger partial charge in [-0.05, 0) is 34.9 Å². The number of hydrogen-bond donors (Lipinski definition) is 0. The van der Waals surface area contributed by atoms with Crippen LogP contribution in [0.1, 0.15) is 71.6 Å². The van der Waals surface area contributed by atoms with Crippen LogP contribution in [0.5, 0.6) is 11.5 Å². The highest BCUT2D eigenvalue weighted by molar-refractivity contribution is 6.35. The van der Waals surface area contributed by atoms with Gasteiger partial charge in [-0.25, -0.2) is 4.79 Å². The van der Waals surface area contributed by atoms with Crippen LogP contribution in [0, 0.1) is 5.92 Å². The molecule has 5 heteroatoms. The minimum atomic E-state index is -0.841. The lowest BCUT2D eigenvalue weighted by atomic mass is 9.79. The fourth-order valence-corrected chi connectivity index (χ4v) is 3.44. The quantitative estimate of drug-likeness (QED) is 0.201. The monoisotopic (exact) mass is 454 g/mol. The number of esters is 1. The van der Waals surface area contributed by atoms with E-state index < -0.39 is 17.7 Å². The highest BCUT2D eigenvalue weighted by Crippen LogP contribution is 2.42. The van der Waals surface area contributed by atoms with E-state index in [1.54, 1.807) is 14.0 Å². The minimum Gasteiger partial charge on any atom is -0.497 e. The number of Topliss-reactive ketones (excluding diaryl/α,β-unsaturated/α-hetero) is 1. The number of rotatable bonds is 9. The van der Waals surface area contributed by atoms with Gasteiger partial charge in [0.2, 0.25) is 5.78 Å². The largest absolute Gasteiger partial charge is 0.497 e. The van der Waals surface area contributed by atoms with E-state index >= 15 is 0 Å². The molecule has 0 N–H and O–H groups in total. The van der Waals surface area contributed by atoms with Crippen LogP contribution >= 0.6 is 0 Å². The predicted molar refractivity (Wildman–Crippen MR) is 131 cm³/mol. The topological polar surface area (TPSA) is 61.8 Å². The fourth-order valence-electron chi connectivity index (χ4n) is 3.44. The van der Waals surface area contributed by atoms with E-state index in [1.807, 2.05) is 84.0 Å². The molecule has 5 nitrogen and oxygen atoms in total. The van der Waals surface area contributed by atoms with Crippen molar-refractivity contribution in [1.82, 2.24) is 0 Å². The molecular weight excluding hydrogens is 416 g/mol. The van der Waals surface area contributed by atoms with Crippen molar-refractivity contribution in [2.45, 2.75) is 72.3 Å². The minimum absolute atomic E-state index is 0.315. The van der Waals surface area contributed by atoms with Gasteiger partial charge in [-0.1, -0.05) is 78.8 Å². The second-order valence-corrected chi connectivity index (χ2v) is 10.5. The smallest absolute Gasteiger partial charge is 0.380 e. The predicted octanol–water partition coefficient (Wildman–Crippen LogP) is 6.01. The SMILES string of the molecule is COc1cc(C(C)(C)C)c(OC(=O)C(=O)[C@@H](C)CCOCc2ccccc2)c(C(C)(C)C)c1. The molecule has 0 aliphatic carbocycles. The molecule has 0 unspecified atom stereocenters. The van der Waals surface area contributed by atoms with Crippen LogP contribution in [0.25, 0.3) is 0 Å². The Morgan fingerprint density at radius 3 is 1.94 bits per heavy atom. The summed E-state index contributed by atoms with van der Waals surface area (Å²) in [5.41, 5.74) is 2.09. The van der Waals surface area contributed by atoms with Crippen LogP contribution in [0.2, 0.25) is 0 Å². The van der Waals surface area contributed by atoms with Gasteiger partial charge in [-0.3, -0.25) is 4.79 Å². The lowest BCUT2D eigenvalue weighted by Crippen LogP contribution is -2.29. The molecule has 180 valence electrons. The molecule has 0 saturated heterocycles. The van der Waals surface area contributed by atoms with Crippen molar-refractivity contribution in [2.75, 3.05) is 13.7 Å². The van der Waals surface area contributed by atoms with Gasteiger partial charge in [0.25, 0.3) is 0 Å². The molecule has 0 saturated carbocycles. The Bertz CT molecular complexity index is 913. The molecule has 1 atom stereocenters. The average molecular weight is 455 g/mol. The van der Waals surface area contributed by atoms with Gasteiger partial charge in [0.15, 0.2) is 0 Å². The van der Waals surface area contributed by atoms with E-state index in [0.717, 1.165) is 16.7 Å². The fraction of sp³-hybridized carbons (Fsp3) is 0.500. The van der Waals surface area contributed by atoms with Crippen molar-refractivity contribution in [2.24, 2.45) is 5.92 Å². The Morgan fingerprint density at radius 1 is 0.909 bits per heavy atom. The van der Waals surface area contributed by atoms with Crippen LogP contribution in [0.3, 0.4) is 0 Å². The average Bonchev–Trinajstić information content (AvgIpc) is 2.75. The third kappa shape index (κ3) is 7.43. The molecule has 0 aromatic heterocycles. The molecule has 2 aromatic carbocycles. The second-order valence-electron chi connectivity index (χ2n) is 10.5. The first-order valence-electron chi connectivity index (χ1n) is 11.4. The second kappa shape index (κ2) is 11.0. The Morgan fingerprint density at radius 2 is 1.45 bits per heavy atom. The third-order valence-electron chi connectivity index (χ3n) is 5.56. The molecule has 33 heavy (non-hydrogen) atoms. The molecule has 0 heterocycles. The van der Waals surface area contributed by atoms with Crippen molar-refractivity contribution in [3.05, 3.63) is 59.2 Å². The number of carbonyl (C=O) groups is 2. The zero-order valence-electron chi connectivity index (χ0n) is 21.3. The summed E-state index contributed by atoms with van der Waals surface area (Å²) in [6.45, 7) is 14.8. The molecule has 2 rings (SSSR count). The lowest BCUT2D eigenvalue weighted by Gasteiger charge is -2.29. The number of ketones is 1. The van der Waals surface area contributed by atoms with Gasteiger partial charge in [0, 0.05) is 23.7 Å². The Labute approximate surface area is 198 Å². The van der Waals surface area contributed by atoms with Gasteiger partial charge in [-0.2, -0.15) is 0 Å². The first kappa shape index (κ1) is 26.6. The maximum absolute atomic E-state index is 12.9. The number of ether oxygens (including phenoxy) is 3.